The molecule has 0 aliphatic heterocycles. The Labute approximate surface area is 147 Å². The summed E-state index contributed by atoms with van der Waals surface area (Å²) in [6.07, 6.45) is 15.8. The van der Waals surface area contributed by atoms with Crippen molar-refractivity contribution in [2.75, 3.05) is 0 Å². The van der Waals surface area contributed by atoms with Crippen LogP contribution in [0.15, 0.2) is 30.4 Å². The van der Waals surface area contributed by atoms with Crippen LogP contribution >= 0.6 is 0 Å². The molecule has 0 saturated heterocycles. The zero-order chi connectivity index (χ0) is 17.2. The van der Waals surface area contributed by atoms with Crippen molar-refractivity contribution >= 4 is 0 Å². The van der Waals surface area contributed by atoms with Crippen molar-refractivity contribution in [2.24, 2.45) is 11.8 Å². The lowest BCUT2D eigenvalue weighted by atomic mass is 9.79. The van der Waals surface area contributed by atoms with Gasteiger partial charge >= 0.3 is 0 Å². The van der Waals surface area contributed by atoms with Crippen LogP contribution < -0.4 is 0 Å². The maximum absolute atomic E-state index is 13.9. The zero-order valence-electron chi connectivity index (χ0n) is 15.3. The maximum Gasteiger partial charge on any atom is 0.139 e. The van der Waals surface area contributed by atoms with Gasteiger partial charge < -0.3 is 0 Å². The van der Waals surface area contributed by atoms with E-state index in [1.165, 1.54) is 51.4 Å². The van der Waals surface area contributed by atoms with Crippen molar-refractivity contribution in [3.05, 3.63) is 47.3 Å². The lowest BCUT2D eigenvalue weighted by Gasteiger charge is -2.26. The molecule has 130 valence electrons. The van der Waals surface area contributed by atoms with Gasteiger partial charge in [0, 0.05) is 0 Å². The molecule has 1 aliphatic carbocycles. The topological polar surface area (TPSA) is 0 Å². The van der Waals surface area contributed by atoms with Crippen LogP contribution in [0.25, 0.3) is 0 Å². The van der Waals surface area contributed by atoms with Crippen LogP contribution in [0.3, 0.4) is 0 Å². The highest BCUT2D eigenvalue weighted by Gasteiger charge is 2.18. The second kappa shape index (κ2) is 10.3. The Bertz CT molecular complexity index is 580. The predicted molar refractivity (Wildman–Crippen MR) is 101 cm³/mol. The normalized spacial score (nSPS) is 20.8. The first-order valence-corrected chi connectivity index (χ1v) is 9.69. The smallest absolute Gasteiger partial charge is 0.139 e. The third kappa shape index (κ3) is 6.16. The molecule has 0 radical (unpaired) electrons. The van der Waals surface area contributed by atoms with E-state index in [0.29, 0.717) is 11.5 Å². The summed E-state index contributed by atoms with van der Waals surface area (Å²) in [6, 6.07) is 5.33. The van der Waals surface area contributed by atoms with Crippen LogP contribution in [0.1, 0.15) is 76.3 Å². The van der Waals surface area contributed by atoms with Crippen LogP contribution in [-0.4, -0.2) is 0 Å². The SMILES string of the molecule is CCCCCC1CCC(C=CC#Cc2ccc(CC)cc2F)CC1. The fraction of sp³-hybridized carbons (Fsp3) is 0.565. The van der Waals surface area contributed by atoms with E-state index in [9.17, 15) is 4.39 Å². The van der Waals surface area contributed by atoms with Crippen LogP contribution in [0, 0.1) is 29.5 Å². The Morgan fingerprint density at radius 2 is 1.92 bits per heavy atom. The Hall–Kier alpha value is -1.55. The summed E-state index contributed by atoms with van der Waals surface area (Å²) in [4.78, 5) is 0. The van der Waals surface area contributed by atoms with E-state index in [2.05, 4.69) is 24.8 Å². The summed E-state index contributed by atoms with van der Waals surface area (Å²) in [6.45, 7) is 4.30. The van der Waals surface area contributed by atoms with E-state index in [4.69, 9.17) is 0 Å². The van der Waals surface area contributed by atoms with Crippen LogP contribution in [0.4, 0.5) is 4.39 Å². The summed E-state index contributed by atoms with van der Waals surface area (Å²) in [5, 5.41) is 0. The quantitative estimate of drug-likeness (QED) is 0.404. The van der Waals surface area contributed by atoms with Gasteiger partial charge in [0.05, 0.1) is 5.56 Å². The van der Waals surface area contributed by atoms with Gasteiger partial charge in [-0.25, -0.2) is 4.39 Å². The van der Waals surface area contributed by atoms with Crippen molar-refractivity contribution in [3.8, 4) is 11.8 Å². The van der Waals surface area contributed by atoms with E-state index < -0.39 is 0 Å². The molecule has 0 amide bonds. The fourth-order valence-corrected chi connectivity index (χ4v) is 3.54. The summed E-state index contributed by atoms with van der Waals surface area (Å²) < 4.78 is 13.9. The number of hydrogen-bond donors (Lipinski definition) is 0. The molecule has 1 aromatic rings. The van der Waals surface area contributed by atoms with Crippen molar-refractivity contribution in [2.45, 2.75) is 71.6 Å². The van der Waals surface area contributed by atoms with E-state index in [-0.39, 0.29) is 5.82 Å². The van der Waals surface area contributed by atoms with Gasteiger partial charge in [-0.05, 0) is 67.7 Å². The number of hydrogen-bond acceptors (Lipinski definition) is 0. The molecular weight excluding hydrogens is 295 g/mol. The van der Waals surface area contributed by atoms with E-state index in [1.807, 2.05) is 19.1 Å². The highest BCUT2D eigenvalue weighted by atomic mass is 19.1. The molecule has 0 N–H and O–H groups in total. The number of rotatable bonds is 6. The number of halogens is 1. The summed E-state index contributed by atoms with van der Waals surface area (Å²) in [5.41, 5.74) is 1.51. The Kier molecular flexibility index (Phi) is 8.10. The van der Waals surface area contributed by atoms with Gasteiger partial charge in [0.2, 0.25) is 0 Å². The molecule has 24 heavy (non-hydrogen) atoms. The van der Waals surface area contributed by atoms with Crippen LogP contribution in [0.5, 0.6) is 0 Å². The van der Waals surface area contributed by atoms with Gasteiger partial charge in [-0.3, -0.25) is 0 Å². The van der Waals surface area contributed by atoms with Crippen LogP contribution in [0.2, 0.25) is 0 Å². The molecule has 0 heterocycles. The number of benzene rings is 1. The first kappa shape index (κ1) is 18.8. The lowest BCUT2D eigenvalue weighted by molar-refractivity contribution is 0.289. The number of allylic oxidation sites excluding steroid dienone is 2. The third-order valence-corrected chi connectivity index (χ3v) is 5.21. The Morgan fingerprint density at radius 1 is 1.12 bits per heavy atom. The molecular formula is C23H31F. The highest BCUT2D eigenvalue weighted by molar-refractivity contribution is 5.39. The molecule has 0 atom stereocenters. The van der Waals surface area contributed by atoms with Crippen molar-refractivity contribution in [3.63, 3.8) is 0 Å². The van der Waals surface area contributed by atoms with Gasteiger partial charge in [0.1, 0.15) is 5.82 Å². The summed E-state index contributed by atoms with van der Waals surface area (Å²) in [5.74, 6) is 7.34. The second-order valence-corrected chi connectivity index (χ2v) is 7.07. The first-order valence-electron chi connectivity index (χ1n) is 9.69. The summed E-state index contributed by atoms with van der Waals surface area (Å²) >= 11 is 0. The standard InChI is InChI=1S/C23H31F/c1-3-5-6-9-20-12-14-21(15-13-20)10-7-8-11-22-17-16-19(4-2)18-23(22)24/h7,10,16-18,20-21H,3-6,9,12-15H2,1-2H3. The molecule has 0 nitrogen and oxygen atoms in total. The molecule has 1 saturated carbocycles. The Morgan fingerprint density at radius 3 is 2.58 bits per heavy atom. The largest absolute Gasteiger partial charge is 0.206 e. The second-order valence-electron chi connectivity index (χ2n) is 7.07. The van der Waals surface area contributed by atoms with Crippen LogP contribution in [-0.2, 0) is 6.42 Å². The number of aryl methyl sites for hydroxylation is 1. The minimum atomic E-state index is -0.206. The van der Waals surface area contributed by atoms with Gasteiger partial charge in [-0.2, -0.15) is 0 Å². The molecule has 0 unspecified atom stereocenters. The Balaban J connectivity index is 1.77. The third-order valence-electron chi connectivity index (χ3n) is 5.21. The minimum Gasteiger partial charge on any atom is -0.206 e. The molecule has 0 aromatic heterocycles. The van der Waals surface area contributed by atoms with Gasteiger partial charge in [0.25, 0.3) is 0 Å². The number of unbranched alkanes of at least 4 members (excludes halogenated alkanes) is 2. The van der Waals surface area contributed by atoms with E-state index in [0.717, 1.165) is 17.9 Å². The average molecular weight is 326 g/mol. The van der Waals surface area contributed by atoms with Crippen molar-refractivity contribution in [1.29, 1.82) is 0 Å². The predicted octanol–water partition coefficient (Wildman–Crippen LogP) is 6.68. The molecule has 1 fully saturated rings. The lowest BCUT2D eigenvalue weighted by Crippen LogP contribution is -2.12. The summed E-state index contributed by atoms with van der Waals surface area (Å²) in [7, 11) is 0. The molecule has 2 rings (SSSR count). The molecule has 1 heteroatoms. The van der Waals surface area contributed by atoms with Gasteiger partial charge in [-0.15, -0.1) is 0 Å². The van der Waals surface area contributed by atoms with Crippen molar-refractivity contribution < 1.29 is 4.39 Å². The van der Waals surface area contributed by atoms with Crippen molar-refractivity contribution in [1.82, 2.24) is 0 Å². The fourth-order valence-electron chi connectivity index (χ4n) is 3.54. The highest BCUT2D eigenvalue weighted by Crippen LogP contribution is 2.32. The van der Waals surface area contributed by atoms with Gasteiger partial charge in [-0.1, -0.05) is 63.5 Å². The molecule has 1 aromatic carbocycles. The maximum atomic E-state index is 13.9. The molecule has 1 aliphatic rings. The minimum absolute atomic E-state index is 0.206. The van der Waals surface area contributed by atoms with E-state index >= 15 is 0 Å². The van der Waals surface area contributed by atoms with E-state index in [1.54, 1.807) is 12.1 Å². The average Bonchev–Trinajstić information content (AvgIpc) is 2.61. The zero-order valence-corrected chi connectivity index (χ0v) is 15.3. The first-order chi connectivity index (χ1) is 11.7. The molecule has 0 spiro atoms. The monoisotopic (exact) mass is 326 g/mol. The van der Waals surface area contributed by atoms with Gasteiger partial charge in [0.15, 0.2) is 0 Å². The molecule has 0 bridgehead atoms.